The van der Waals surface area contributed by atoms with Crippen molar-refractivity contribution in [2.24, 2.45) is 0 Å². The van der Waals surface area contributed by atoms with Crippen molar-refractivity contribution in [2.75, 3.05) is 38.2 Å². The number of aromatic nitrogens is 2. The number of carbonyl (C=O) groups excluding carboxylic acids is 1. The number of ether oxygens (including phenoxy) is 1. The van der Waals surface area contributed by atoms with E-state index < -0.39 is 0 Å². The predicted molar refractivity (Wildman–Crippen MR) is 91.6 cm³/mol. The summed E-state index contributed by atoms with van der Waals surface area (Å²) in [5.41, 5.74) is 0.970. The topological polar surface area (TPSA) is 58.6 Å². The zero-order valence-corrected chi connectivity index (χ0v) is 13.8. The summed E-state index contributed by atoms with van der Waals surface area (Å²) in [4.78, 5) is 16.8. The molecule has 0 radical (unpaired) electrons. The molecule has 126 valence electrons. The first-order chi connectivity index (χ1) is 11.8. The number of benzene rings is 1. The molecular weight excluding hydrogens is 304 g/mol. The molecule has 1 fully saturated rings. The lowest BCUT2D eigenvalue weighted by atomic mass is 10.1. The Kier molecular flexibility index (Phi) is 5.38. The minimum absolute atomic E-state index is 0.214. The Morgan fingerprint density at radius 3 is 2.62 bits per heavy atom. The molecule has 24 heavy (non-hydrogen) atoms. The first-order valence-corrected chi connectivity index (χ1v) is 8.19. The van der Waals surface area contributed by atoms with Gasteiger partial charge in [-0.25, -0.2) is 4.79 Å². The molecule has 0 amide bonds. The Hall–Kier alpha value is -2.47. The lowest BCUT2D eigenvalue weighted by molar-refractivity contribution is -0.147. The highest BCUT2D eigenvalue weighted by molar-refractivity contribution is 5.77. The predicted octanol–water partition coefficient (Wildman–Crippen LogP) is 1.90. The van der Waals surface area contributed by atoms with E-state index in [1.54, 1.807) is 6.20 Å². The molecular formula is C18H22N4O2. The minimum atomic E-state index is -0.363. The molecule has 0 bridgehead atoms. The van der Waals surface area contributed by atoms with Gasteiger partial charge in [0.25, 0.3) is 0 Å². The molecule has 0 spiro atoms. The van der Waals surface area contributed by atoms with E-state index in [0.717, 1.165) is 44.0 Å². The first kappa shape index (κ1) is 16.4. The maximum absolute atomic E-state index is 12.4. The largest absolute Gasteiger partial charge is 0.468 e. The van der Waals surface area contributed by atoms with Crippen LogP contribution in [0.4, 0.5) is 5.82 Å². The molecule has 1 aromatic carbocycles. The molecule has 2 heterocycles. The molecule has 0 saturated carbocycles. The molecule has 1 atom stereocenters. The molecule has 1 aliphatic rings. The monoisotopic (exact) mass is 326 g/mol. The summed E-state index contributed by atoms with van der Waals surface area (Å²) in [6, 6.07) is 13.3. The van der Waals surface area contributed by atoms with Crippen molar-refractivity contribution in [3.05, 3.63) is 54.2 Å². The molecule has 0 N–H and O–H groups in total. The van der Waals surface area contributed by atoms with Crippen LogP contribution in [0.1, 0.15) is 18.0 Å². The Balaban J connectivity index is 1.76. The van der Waals surface area contributed by atoms with Gasteiger partial charge in [0.2, 0.25) is 0 Å². The third-order valence-electron chi connectivity index (χ3n) is 4.32. The van der Waals surface area contributed by atoms with Crippen LogP contribution in [0.25, 0.3) is 0 Å². The van der Waals surface area contributed by atoms with Gasteiger partial charge >= 0.3 is 5.97 Å². The maximum atomic E-state index is 12.4. The van der Waals surface area contributed by atoms with E-state index in [1.807, 2.05) is 42.5 Å². The van der Waals surface area contributed by atoms with E-state index in [1.165, 1.54) is 7.11 Å². The maximum Gasteiger partial charge on any atom is 0.327 e. The van der Waals surface area contributed by atoms with Crippen molar-refractivity contribution in [1.29, 1.82) is 0 Å². The molecule has 1 saturated heterocycles. The van der Waals surface area contributed by atoms with Crippen LogP contribution in [0.15, 0.2) is 48.7 Å². The van der Waals surface area contributed by atoms with Crippen molar-refractivity contribution >= 4 is 11.8 Å². The number of nitrogens with zero attached hydrogens (tertiary/aromatic N) is 4. The van der Waals surface area contributed by atoms with E-state index in [2.05, 4.69) is 20.0 Å². The Bertz CT molecular complexity index is 651. The summed E-state index contributed by atoms with van der Waals surface area (Å²) < 4.78 is 5.06. The number of anilines is 1. The Morgan fingerprint density at radius 1 is 1.08 bits per heavy atom. The summed E-state index contributed by atoms with van der Waals surface area (Å²) in [7, 11) is 1.45. The number of esters is 1. The second-order valence-corrected chi connectivity index (χ2v) is 5.79. The molecule has 6 heteroatoms. The zero-order valence-electron chi connectivity index (χ0n) is 13.8. The normalized spacial score (nSPS) is 17.1. The van der Waals surface area contributed by atoms with E-state index in [-0.39, 0.29) is 12.0 Å². The fourth-order valence-electron chi connectivity index (χ4n) is 3.13. The van der Waals surface area contributed by atoms with Crippen LogP contribution in [0, 0.1) is 0 Å². The molecule has 3 rings (SSSR count). The molecule has 0 unspecified atom stereocenters. The van der Waals surface area contributed by atoms with Gasteiger partial charge in [0.15, 0.2) is 5.82 Å². The molecule has 2 aromatic rings. The highest BCUT2D eigenvalue weighted by Gasteiger charge is 2.30. The number of rotatable bonds is 4. The van der Waals surface area contributed by atoms with Crippen LogP contribution in [0.3, 0.4) is 0 Å². The summed E-state index contributed by atoms with van der Waals surface area (Å²) in [5.74, 6) is 0.669. The molecule has 0 aliphatic carbocycles. The number of hydrogen-bond donors (Lipinski definition) is 0. The van der Waals surface area contributed by atoms with Crippen molar-refractivity contribution in [2.45, 2.75) is 12.5 Å². The summed E-state index contributed by atoms with van der Waals surface area (Å²) in [6.07, 6.45) is 2.63. The highest BCUT2D eigenvalue weighted by Crippen LogP contribution is 2.24. The van der Waals surface area contributed by atoms with Gasteiger partial charge in [0.05, 0.1) is 7.11 Å². The molecule has 1 aromatic heterocycles. The molecule has 6 nitrogen and oxygen atoms in total. The SMILES string of the molecule is COC(=O)[C@@H](c1ccccc1)N1CCCN(c2cccnn2)CC1. The van der Waals surface area contributed by atoms with Gasteiger partial charge in [-0.1, -0.05) is 30.3 Å². The third-order valence-corrected chi connectivity index (χ3v) is 4.32. The average Bonchev–Trinajstić information content (AvgIpc) is 2.89. The third kappa shape index (κ3) is 3.71. The van der Waals surface area contributed by atoms with Crippen LogP contribution in [-0.2, 0) is 9.53 Å². The highest BCUT2D eigenvalue weighted by atomic mass is 16.5. The minimum Gasteiger partial charge on any atom is -0.468 e. The van der Waals surface area contributed by atoms with Gasteiger partial charge in [-0.05, 0) is 24.1 Å². The second-order valence-electron chi connectivity index (χ2n) is 5.79. The van der Waals surface area contributed by atoms with Gasteiger partial charge in [0, 0.05) is 32.4 Å². The Labute approximate surface area is 142 Å². The lowest BCUT2D eigenvalue weighted by Crippen LogP contribution is -2.38. The number of hydrogen-bond acceptors (Lipinski definition) is 6. The van der Waals surface area contributed by atoms with Crippen LogP contribution in [0.5, 0.6) is 0 Å². The van der Waals surface area contributed by atoms with Gasteiger partial charge in [0.1, 0.15) is 6.04 Å². The van der Waals surface area contributed by atoms with Crippen molar-refractivity contribution in [1.82, 2.24) is 15.1 Å². The van der Waals surface area contributed by atoms with Crippen molar-refractivity contribution in [3.63, 3.8) is 0 Å². The van der Waals surface area contributed by atoms with Crippen LogP contribution < -0.4 is 4.90 Å². The van der Waals surface area contributed by atoms with Crippen molar-refractivity contribution < 1.29 is 9.53 Å². The zero-order chi connectivity index (χ0) is 16.8. The van der Waals surface area contributed by atoms with E-state index in [4.69, 9.17) is 4.74 Å². The summed E-state index contributed by atoms with van der Waals surface area (Å²) >= 11 is 0. The van der Waals surface area contributed by atoms with Gasteiger partial charge < -0.3 is 9.64 Å². The quantitative estimate of drug-likeness (QED) is 0.800. The van der Waals surface area contributed by atoms with Crippen molar-refractivity contribution in [3.8, 4) is 0 Å². The first-order valence-electron chi connectivity index (χ1n) is 8.19. The van der Waals surface area contributed by atoms with Gasteiger partial charge in [-0.2, -0.15) is 5.10 Å². The van der Waals surface area contributed by atoms with Crippen LogP contribution in [-0.4, -0.2) is 54.4 Å². The van der Waals surface area contributed by atoms with Crippen LogP contribution in [0.2, 0.25) is 0 Å². The van der Waals surface area contributed by atoms with E-state index in [9.17, 15) is 4.79 Å². The lowest BCUT2D eigenvalue weighted by Gasteiger charge is -2.29. The Morgan fingerprint density at radius 2 is 1.92 bits per heavy atom. The van der Waals surface area contributed by atoms with Gasteiger partial charge in [-0.3, -0.25) is 4.90 Å². The van der Waals surface area contributed by atoms with Crippen LogP contribution >= 0.6 is 0 Å². The smallest absolute Gasteiger partial charge is 0.327 e. The van der Waals surface area contributed by atoms with Gasteiger partial charge in [-0.15, -0.1) is 5.10 Å². The number of carbonyl (C=O) groups is 1. The fraction of sp³-hybridized carbons (Fsp3) is 0.389. The van der Waals surface area contributed by atoms with E-state index >= 15 is 0 Å². The number of methoxy groups -OCH3 is 1. The standard InChI is InChI=1S/C18H22N4O2/c1-24-18(23)17(15-7-3-2-4-8-15)22-12-6-11-21(13-14-22)16-9-5-10-19-20-16/h2-5,7-10,17H,6,11-14H2,1H3/t17-/m1/s1. The summed E-state index contributed by atoms with van der Waals surface area (Å²) in [5, 5.41) is 8.14. The second kappa shape index (κ2) is 7.88. The summed E-state index contributed by atoms with van der Waals surface area (Å²) in [6.45, 7) is 3.31. The molecule has 1 aliphatic heterocycles. The van der Waals surface area contributed by atoms with E-state index in [0.29, 0.717) is 0 Å². The average molecular weight is 326 g/mol. The fourth-order valence-corrected chi connectivity index (χ4v) is 3.13.